The molecule has 2 atom stereocenters. The number of hydrogen-bond acceptors (Lipinski definition) is 3. The van der Waals surface area contributed by atoms with Gasteiger partial charge in [-0.05, 0) is 34.2 Å². The Morgan fingerprint density at radius 1 is 1.56 bits per heavy atom. The van der Waals surface area contributed by atoms with E-state index >= 15 is 0 Å². The van der Waals surface area contributed by atoms with Crippen LogP contribution >= 0.6 is 0 Å². The van der Waals surface area contributed by atoms with Crippen LogP contribution in [0.15, 0.2) is 0 Å². The van der Waals surface area contributed by atoms with Crippen LogP contribution in [0.25, 0.3) is 0 Å². The lowest BCUT2D eigenvalue weighted by atomic mass is 9.93. The SMILES string of the molecule is CCC(C)N1C(=O)C(CO)N(C)CC1(C)C. The van der Waals surface area contributed by atoms with Crippen molar-refractivity contribution in [2.24, 2.45) is 0 Å². The first-order valence-electron chi connectivity index (χ1n) is 5.99. The summed E-state index contributed by atoms with van der Waals surface area (Å²) in [7, 11) is 1.90. The van der Waals surface area contributed by atoms with Gasteiger partial charge < -0.3 is 10.0 Å². The van der Waals surface area contributed by atoms with Crippen LogP contribution in [0.2, 0.25) is 0 Å². The molecular weight excluding hydrogens is 204 g/mol. The predicted octanol–water partition coefficient (Wildman–Crippen LogP) is 0.698. The maximum Gasteiger partial charge on any atom is 0.243 e. The van der Waals surface area contributed by atoms with Gasteiger partial charge in [-0.2, -0.15) is 0 Å². The molecule has 0 aromatic carbocycles. The van der Waals surface area contributed by atoms with E-state index in [0.717, 1.165) is 13.0 Å². The van der Waals surface area contributed by atoms with E-state index in [1.54, 1.807) is 0 Å². The highest BCUT2D eigenvalue weighted by Gasteiger charge is 2.44. The first kappa shape index (κ1) is 13.5. The molecule has 16 heavy (non-hydrogen) atoms. The molecule has 0 aromatic heterocycles. The zero-order chi connectivity index (χ0) is 12.5. The lowest BCUT2D eigenvalue weighted by Gasteiger charge is -2.51. The number of likely N-dealkylation sites (N-methyl/N-ethyl adjacent to an activating group) is 1. The predicted molar refractivity (Wildman–Crippen MR) is 64.2 cm³/mol. The third-order valence-corrected chi connectivity index (χ3v) is 3.55. The molecule has 0 spiro atoms. The maximum atomic E-state index is 12.3. The Bertz CT molecular complexity index is 266. The summed E-state index contributed by atoms with van der Waals surface area (Å²) in [5, 5.41) is 9.29. The van der Waals surface area contributed by atoms with E-state index in [2.05, 4.69) is 27.7 Å². The largest absolute Gasteiger partial charge is 0.394 e. The Morgan fingerprint density at radius 3 is 2.56 bits per heavy atom. The summed E-state index contributed by atoms with van der Waals surface area (Å²) in [5.74, 6) is 0.0515. The summed E-state index contributed by atoms with van der Waals surface area (Å²) in [4.78, 5) is 16.2. The Hall–Kier alpha value is -0.610. The molecule has 4 nitrogen and oxygen atoms in total. The molecule has 1 N–H and O–H groups in total. The number of rotatable bonds is 3. The number of amides is 1. The van der Waals surface area contributed by atoms with Crippen molar-refractivity contribution in [3.05, 3.63) is 0 Å². The fourth-order valence-corrected chi connectivity index (χ4v) is 2.66. The van der Waals surface area contributed by atoms with Crippen LogP contribution in [-0.2, 0) is 4.79 Å². The average Bonchev–Trinajstić information content (AvgIpc) is 2.15. The van der Waals surface area contributed by atoms with Crippen molar-refractivity contribution in [3.63, 3.8) is 0 Å². The zero-order valence-electron chi connectivity index (χ0n) is 11.0. The molecule has 1 amide bonds. The van der Waals surface area contributed by atoms with Gasteiger partial charge in [0.25, 0.3) is 0 Å². The van der Waals surface area contributed by atoms with E-state index in [0.29, 0.717) is 0 Å². The zero-order valence-corrected chi connectivity index (χ0v) is 11.0. The standard InChI is InChI=1S/C12H24N2O2/c1-6-9(2)14-11(16)10(7-15)13(5)8-12(14,3)4/h9-10,15H,6-8H2,1-5H3. The van der Waals surface area contributed by atoms with Crippen LogP contribution in [0.4, 0.5) is 0 Å². The number of aliphatic hydroxyl groups excluding tert-OH is 1. The Balaban J connectivity index is 2.98. The third-order valence-electron chi connectivity index (χ3n) is 3.55. The van der Waals surface area contributed by atoms with Gasteiger partial charge in [0.15, 0.2) is 0 Å². The maximum absolute atomic E-state index is 12.3. The summed E-state index contributed by atoms with van der Waals surface area (Å²) in [6.07, 6.45) is 0.942. The lowest BCUT2D eigenvalue weighted by Crippen LogP contribution is -2.68. The van der Waals surface area contributed by atoms with Crippen molar-refractivity contribution in [1.82, 2.24) is 9.80 Å². The Kier molecular flexibility index (Phi) is 3.97. The second-order valence-electron chi connectivity index (χ2n) is 5.39. The van der Waals surface area contributed by atoms with Crippen LogP contribution in [0.1, 0.15) is 34.1 Å². The second kappa shape index (κ2) is 4.72. The molecule has 0 aromatic rings. The number of aliphatic hydroxyl groups is 1. The third kappa shape index (κ3) is 2.23. The van der Waals surface area contributed by atoms with Gasteiger partial charge in [-0.1, -0.05) is 6.92 Å². The molecule has 1 rings (SSSR count). The van der Waals surface area contributed by atoms with Gasteiger partial charge in [0.2, 0.25) is 5.91 Å². The molecule has 1 aliphatic heterocycles. The van der Waals surface area contributed by atoms with Crippen molar-refractivity contribution in [3.8, 4) is 0 Å². The molecule has 94 valence electrons. The summed E-state index contributed by atoms with van der Waals surface area (Å²) < 4.78 is 0. The van der Waals surface area contributed by atoms with Crippen LogP contribution < -0.4 is 0 Å². The number of nitrogens with zero attached hydrogens (tertiary/aromatic N) is 2. The minimum atomic E-state index is -0.373. The van der Waals surface area contributed by atoms with Crippen molar-refractivity contribution < 1.29 is 9.90 Å². The average molecular weight is 228 g/mol. The molecule has 1 fully saturated rings. The molecule has 1 aliphatic rings. The number of carbonyl (C=O) groups excluding carboxylic acids is 1. The van der Waals surface area contributed by atoms with Gasteiger partial charge in [0.1, 0.15) is 6.04 Å². The quantitative estimate of drug-likeness (QED) is 0.773. The second-order valence-corrected chi connectivity index (χ2v) is 5.39. The van der Waals surface area contributed by atoms with Crippen molar-refractivity contribution in [2.75, 3.05) is 20.2 Å². The van der Waals surface area contributed by atoms with E-state index in [9.17, 15) is 9.90 Å². The van der Waals surface area contributed by atoms with Gasteiger partial charge >= 0.3 is 0 Å². The number of carbonyl (C=O) groups is 1. The first-order valence-corrected chi connectivity index (χ1v) is 5.99. The molecular formula is C12H24N2O2. The van der Waals surface area contributed by atoms with Crippen LogP contribution in [0.3, 0.4) is 0 Å². The first-order chi connectivity index (χ1) is 7.35. The Labute approximate surface area is 98.2 Å². The number of hydrogen-bond donors (Lipinski definition) is 1. The molecule has 2 unspecified atom stereocenters. The van der Waals surface area contributed by atoms with Crippen molar-refractivity contribution >= 4 is 5.91 Å². The fourth-order valence-electron chi connectivity index (χ4n) is 2.66. The van der Waals surface area contributed by atoms with Gasteiger partial charge in [-0.15, -0.1) is 0 Å². The normalized spacial score (nSPS) is 28.2. The molecule has 0 aliphatic carbocycles. The summed E-state index contributed by atoms with van der Waals surface area (Å²) in [5.41, 5.74) is -0.160. The van der Waals surface area contributed by atoms with Gasteiger partial charge in [0, 0.05) is 12.6 Å². The van der Waals surface area contributed by atoms with E-state index < -0.39 is 0 Å². The smallest absolute Gasteiger partial charge is 0.243 e. The molecule has 1 heterocycles. The highest BCUT2D eigenvalue weighted by Crippen LogP contribution is 2.27. The molecule has 0 bridgehead atoms. The van der Waals surface area contributed by atoms with Crippen LogP contribution in [-0.4, -0.2) is 58.6 Å². The monoisotopic (exact) mass is 228 g/mol. The van der Waals surface area contributed by atoms with Crippen molar-refractivity contribution in [2.45, 2.75) is 51.7 Å². The van der Waals surface area contributed by atoms with Gasteiger partial charge in [0.05, 0.1) is 12.1 Å². The summed E-state index contributed by atoms with van der Waals surface area (Å²) in [6.45, 7) is 9.02. The van der Waals surface area contributed by atoms with Gasteiger partial charge in [-0.25, -0.2) is 0 Å². The molecule has 4 heteroatoms. The van der Waals surface area contributed by atoms with E-state index in [4.69, 9.17) is 0 Å². The minimum absolute atomic E-state index is 0.0515. The molecule has 1 saturated heterocycles. The molecule has 0 radical (unpaired) electrons. The minimum Gasteiger partial charge on any atom is -0.394 e. The lowest BCUT2D eigenvalue weighted by molar-refractivity contribution is -0.156. The van der Waals surface area contributed by atoms with E-state index in [1.165, 1.54) is 0 Å². The summed E-state index contributed by atoms with van der Waals surface area (Å²) in [6, 6.07) is -0.146. The Morgan fingerprint density at radius 2 is 2.12 bits per heavy atom. The van der Waals surface area contributed by atoms with Gasteiger partial charge in [-0.3, -0.25) is 9.69 Å². The van der Waals surface area contributed by atoms with Crippen molar-refractivity contribution in [1.29, 1.82) is 0 Å². The number of piperazine rings is 1. The summed E-state index contributed by atoms with van der Waals surface area (Å²) >= 11 is 0. The highest BCUT2D eigenvalue weighted by atomic mass is 16.3. The van der Waals surface area contributed by atoms with E-state index in [-0.39, 0.29) is 30.1 Å². The van der Waals surface area contributed by atoms with Crippen LogP contribution in [0.5, 0.6) is 0 Å². The topological polar surface area (TPSA) is 43.8 Å². The van der Waals surface area contributed by atoms with E-state index in [1.807, 2.05) is 16.8 Å². The van der Waals surface area contributed by atoms with Crippen LogP contribution in [0, 0.1) is 0 Å². The molecule has 0 saturated carbocycles. The fraction of sp³-hybridized carbons (Fsp3) is 0.917. The highest BCUT2D eigenvalue weighted by molar-refractivity contribution is 5.84.